The number of hydrogen-bond acceptors (Lipinski definition) is 4. The van der Waals surface area contributed by atoms with Crippen molar-refractivity contribution in [3.8, 4) is 11.4 Å². The zero-order chi connectivity index (χ0) is 17.8. The number of aromatic nitrogens is 4. The van der Waals surface area contributed by atoms with Gasteiger partial charge in [-0.15, -0.1) is 0 Å². The maximum absolute atomic E-state index is 4.93. The third-order valence-electron chi connectivity index (χ3n) is 4.54. The fraction of sp³-hybridized carbons (Fsp3) is 0.0909. The Kier molecular flexibility index (Phi) is 4.23. The lowest BCUT2D eigenvalue weighted by Gasteiger charge is -2.28. The van der Waals surface area contributed by atoms with Crippen molar-refractivity contribution in [1.29, 1.82) is 0 Å². The first-order chi connectivity index (χ1) is 12.8. The fourth-order valence-electron chi connectivity index (χ4n) is 3.08. The van der Waals surface area contributed by atoms with Crippen molar-refractivity contribution in [2.75, 3.05) is 0 Å². The average Bonchev–Trinajstić information content (AvgIpc) is 2.75. The van der Waals surface area contributed by atoms with E-state index in [2.05, 4.69) is 21.9 Å². The minimum atomic E-state index is -0.562. The molecule has 4 aromatic heterocycles. The predicted octanol–water partition coefficient (Wildman–Crippen LogP) is 4.29. The van der Waals surface area contributed by atoms with Gasteiger partial charge in [-0.3, -0.25) is 15.0 Å². The molecule has 0 radical (unpaired) electrons. The molecule has 126 valence electrons. The van der Waals surface area contributed by atoms with Crippen molar-refractivity contribution < 1.29 is 0 Å². The average molecular weight is 338 g/mol. The first kappa shape index (κ1) is 16.1. The van der Waals surface area contributed by atoms with E-state index in [9.17, 15) is 0 Å². The first-order valence-corrected chi connectivity index (χ1v) is 8.50. The Labute approximate surface area is 152 Å². The van der Waals surface area contributed by atoms with E-state index in [0.717, 1.165) is 28.5 Å². The zero-order valence-corrected chi connectivity index (χ0v) is 14.4. The fourth-order valence-corrected chi connectivity index (χ4v) is 3.08. The SMILES string of the molecule is CC(c1ccccn1)(c1ccccn1)c1cccc(-c2ccccn2)n1. The summed E-state index contributed by atoms with van der Waals surface area (Å²) in [5, 5.41) is 0. The molecule has 4 nitrogen and oxygen atoms in total. The van der Waals surface area contributed by atoms with Gasteiger partial charge in [0.15, 0.2) is 0 Å². The first-order valence-electron chi connectivity index (χ1n) is 8.50. The largest absolute Gasteiger partial charge is 0.260 e. The van der Waals surface area contributed by atoms with Crippen LogP contribution in [0.2, 0.25) is 0 Å². The Balaban J connectivity index is 1.91. The van der Waals surface area contributed by atoms with Crippen LogP contribution < -0.4 is 0 Å². The molecule has 0 N–H and O–H groups in total. The van der Waals surface area contributed by atoms with E-state index in [1.807, 2.05) is 72.8 Å². The van der Waals surface area contributed by atoms with Gasteiger partial charge in [-0.2, -0.15) is 0 Å². The molecule has 0 unspecified atom stereocenters. The van der Waals surface area contributed by atoms with Crippen molar-refractivity contribution in [3.05, 3.63) is 108 Å². The molecule has 4 heterocycles. The Hall–Kier alpha value is -3.40. The molecule has 26 heavy (non-hydrogen) atoms. The molecule has 4 aromatic rings. The molecule has 0 saturated heterocycles. The van der Waals surface area contributed by atoms with E-state index < -0.39 is 5.41 Å². The van der Waals surface area contributed by atoms with Crippen LogP contribution >= 0.6 is 0 Å². The lowest BCUT2D eigenvalue weighted by Crippen LogP contribution is -2.29. The highest BCUT2D eigenvalue weighted by atomic mass is 14.8. The van der Waals surface area contributed by atoms with Crippen molar-refractivity contribution in [2.24, 2.45) is 0 Å². The van der Waals surface area contributed by atoms with Gasteiger partial charge in [0.05, 0.1) is 33.9 Å². The van der Waals surface area contributed by atoms with Gasteiger partial charge in [0.1, 0.15) is 0 Å². The summed E-state index contributed by atoms with van der Waals surface area (Å²) in [6, 6.07) is 23.7. The minimum absolute atomic E-state index is 0.562. The molecule has 0 spiro atoms. The van der Waals surface area contributed by atoms with Crippen LogP contribution in [0.1, 0.15) is 24.0 Å². The van der Waals surface area contributed by atoms with Gasteiger partial charge >= 0.3 is 0 Å². The third kappa shape index (κ3) is 2.86. The van der Waals surface area contributed by atoms with E-state index in [-0.39, 0.29) is 0 Å². The highest BCUT2D eigenvalue weighted by Crippen LogP contribution is 2.36. The monoisotopic (exact) mass is 338 g/mol. The van der Waals surface area contributed by atoms with Gasteiger partial charge in [-0.1, -0.05) is 24.3 Å². The van der Waals surface area contributed by atoms with E-state index in [4.69, 9.17) is 4.98 Å². The molecule has 0 aliphatic rings. The maximum Gasteiger partial charge on any atom is 0.0939 e. The van der Waals surface area contributed by atoms with Crippen LogP contribution in [0.25, 0.3) is 11.4 Å². The molecule has 0 aliphatic heterocycles. The van der Waals surface area contributed by atoms with Gasteiger partial charge in [0.2, 0.25) is 0 Å². The number of nitrogens with zero attached hydrogens (tertiary/aromatic N) is 4. The van der Waals surface area contributed by atoms with Gasteiger partial charge in [-0.05, 0) is 55.5 Å². The second-order valence-electron chi connectivity index (χ2n) is 6.18. The Morgan fingerprint density at radius 3 is 1.62 bits per heavy atom. The topological polar surface area (TPSA) is 51.6 Å². The molecule has 0 amide bonds. The van der Waals surface area contributed by atoms with E-state index in [1.54, 1.807) is 18.6 Å². The summed E-state index contributed by atoms with van der Waals surface area (Å²) in [5.74, 6) is 0. The zero-order valence-electron chi connectivity index (χ0n) is 14.4. The van der Waals surface area contributed by atoms with E-state index in [0.29, 0.717) is 0 Å². The quantitative estimate of drug-likeness (QED) is 0.557. The van der Waals surface area contributed by atoms with E-state index >= 15 is 0 Å². The molecule has 0 atom stereocenters. The van der Waals surface area contributed by atoms with Crippen LogP contribution in [-0.4, -0.2) is 19.9 Å². The van der Waals surface area contributed by atoms with Crippen molar-refractivity contribution >= 4 is 0 Å². The summed E-state index contributed by atoms with van der Waals surface area (Å²) >= 11 is 0. The maximum atomic E-state index is 4.93. The molecule has 0 saturated carbocycles. The predicted molar refractivity (Wildman–Crippen MR) is 101 cm³/mol. The Morgan fingerprint density at radius 1 is 0.538 bits per heavy atom. The molecule has 4 rings (SSSR count). The number of pyridine rings is 4. The van der Waals surface area contributed by atoms with Crippen LogP contribution in [0.3, 0.4) is 0 Å². The minimum Gasteiger partial charge on any atom is -0.260 e. The molecule has 0 aromatic carbocycles. The second-order valence-corrected chi connectivity index (χ2v) is 6.18. The highest BCUT2D eigenvalue weighted by Gasteiger charge is 2.35. The molecule has 0 aliphatic carbocycles. The summed E-state index contributed by atoms with van der Waals surface area (Å²) in [6.45, 7) is 2.11. The summed E-state index contributed by atoms with van der Waals surface area (Å²) in [7, 11) is 0. The van der Waals surface area contributed by atoms with Crippen molar-refractivity contribution in [1.82, 2.24) is 19.9 Å². The van der Waals surface area contributed by atoms with Gasteiger partial charge in [0.25, 0.3) is 0 Å². The molecule has 4 heteroatoms. The van der Waals surface area contributed by atoms with Crippen molar-refractivity contribution in [3.63, 3.8) is 0 Å². The van der Waals surface area contributed by atoms with Crippen LogP contribution in [0, 0.1) is 0 Å². The number of hydrogen-bond donors (Lipinski definition) is 0. The van der Waals surface area contributed by atoms with Crippen LogP contribution in [-0.2, 0) is 5.41 Å². The highest BCUT2D eigenvalue weighted by molar-refractivity contribution is 5.55. The van der Waals surface area contributed by atoms with Crippen molar-refractivity contribution in [2.45, 2.75) is 12.3 Å². The van der Waals surface area contributed by atoms with Gasteiger partial charge in [-0.25, -0.2) is 4.98 Å². The lowest BCUT2D eigenvalue weighted by atomic mass is 9.78. The van der Waals surface area contributed by atoms with E-state index in [1.165, 1.54) is 0 Å². The lowest BCUT2D eigenvalue weighted by molar-refractivity contribution is 0.620. The molecule has 0 fully saturated rings. The molecular formula is C22H18N4. The standard InChI is InChI=1S/C22H18N4/c1-22(19-11-3-6-15-24-19,20-12-4-7-16-25-20)21-13-8-10-18(26-21)17-9-2-5-14-23-17/h2-16H,1H3. The van der Waals surface area contributed by atoms with Gasteiger partial charge < -0.3 is 0 Å². The van der Waals surface area contributed by atoms with Crippen LogP contribution in [0.4, 0.5) is 0 Å². The molecular weight excluding hydrogens is 320 g/mol. The summed E-state index contributed by atoms with van der Waals surface area (Å²) < 4.78 is 0. The van der Waals surface area contributed by atoms with Crippen LogP contribution in [0.5, 0.6) is 0 Å². The number of rotatable bonds is 4. The third-order valence-corrected chi connectivity index (χ3v) is 4.54. The summed E-state index contributed by atoms with van der Waals surface area (Å²) in [6.07, 6.45) is 5.39. The molecule has 0 bridgehead atoms. The Morgan fingerprint density at radius 2 is 1.08 bits per heavy atom. The summed E-state index contributed by atoms with van der Waals surface area (Å²) in [5.41, 5.74) is 3.82. The van der Waals surface area contributed by atoms with Gasteiger partial charge in [0, 0.05) is 18.6 Å². The van der Waals surface area contributed by atoms with Crippen LogP contribution in [0.15, 0.2) is 91.4 Å². The second kappa shape index (κ2) is 6.84. The smallest absolute Gasteiger partial charge is 0.0939 e. The summed E-state index contributed by atoms with van der Waals surface area (Å²) in [4.78, 5) is 18.6. The Bertz CT molecular complexity index is 947. The normalized spacial score (nSPS) is 11.3.